The van der Waals surface area contributed by atoms with E-state index in [-0.39, 0.29) is 19.8 Å². The summed E-state index contributed by atoms with van der Waals surface area (Å²) in [6.45, 7) is 15.3. The molecule has 1 unspecified atom stereocenters. The number of hydroxylamine groups is 2. The van der Waals surface area contributed by atoms with E-state index in [1.165, 1.54) is 7.11 Å². The molecule has 0 amide bonds. The molecule has 0 spiro atoms. The van der Waals surface area contributed by atoms with E-state index in [2.05, 4.69) is 4.74 Å². The highest BCUT2D eigenvalue weighted by Gasteiger charge is 2.51. The van der Waals surface area contributed by atoms with Crippen LogP contribution in [0.4, 0.5) is 0 Å². The lowest BCUT2D eigenvalue weighted by atomic mass is 9.94. The fourth-order valence-corrected chi connectivity index (χ4v) is 5.00. The van der Waals surface area contributed by atoms with Gasteiger partial charge in [0.05, 0.1) is 20.3 Å². The minimum absolute atomic E-state index is 0.249. The topological polar surface area (TPSA) is 74.3 Å². The molecule has 0 saturated heterocycles. The van der Waals surface area contributed by atoms with E-state index in [4.69, 9.17) is 13.9 Å². The van der Waals surface area contributed by atoms with Crippen molar-refractivity contribution < 1.29 is 28.0 Å². The van der Waals surface area contributed by atoms with Crippen LogP contribution in [0.5, 0.6) is 0 Å². The van der Waals surface area contributed by atoms with E-state index in [9.17, 15) is 9.36 Å². The lowest BCUT2D eigenvalue weighted by Gasteiger charge is -2.47. The first-order valence-corrected chi connectivity index (χ1v) is 9.82. The van der Waals surface area contributed by atoms with Crippen LogP contribution in [0.3, 0.4) is 0 Å². The van der Waals surface area contributed by atoms with Gasteiger partial charge in [-0.25, -0.2) is 4.79 Å². The quantitative estimate of drug-likeness (QED) is 0.348. The van der Waals surface area contributed by atoms with Gasteiger partial charge >= 0.3 is 13.6 Å². The summed E-state index contributed by atoms with van der Waals surface area (Å²) in [6, 6.07) is 0. The lowest BCUT2D eigenvalue weighted by molar-refractivity contribution is -0.240. The predicted octanol–water partition coefficient (Wildman–Crippen LogP) is 3.83. The monoisotopic (exact) mass is 367 g/mol. The second-order valence-corrected chi connectivity index (χ2v) is 9.55. The Morgan fingerprint density at radius 3 is 1.79 bits per heavy atom. The molecular weight excluding hydrogens is 333 g/mol. The van der Waals surface area contributed by atoms with Crippen molar-refractivity contribution in [1.82, 2.24) is 5.06 Å². The highest BCUT2D eigenvalue weighted by Crippen LogP contribution is 2.60. The van der Waals surface area contributed by atoms with Gasteiger partial charge in [-0.15, -0.1) is 0 Å². The van der Waals surface area contributed by atoms with Gasteiger partial charge < -0.3 is 13.8 Å². The molecule has 0 radical (unpaired) electrons. The summed E-state index contributed by atoms with van der Waals surface area (Å²) < 4.78 is 29.2. The van der Waals surface area contributed by atoms with Crippen molar-refractivity contribution in [2.45, 2.75) is 66.7 Å². The average Bonchev–Trinajstić information content (AvgIpc) is 2.40. The molecule has 0 aliphatic rings. The first-order valence-electron chi connectivity index (χ1n) is 8.21. The molecule has 144 valence electrons. The van der Waals surface area contributed by atoms with Crippen LogP contribution in [0.25, 0.3) is 0 Å². The van der Waals surface area contributed by atoms with Crippen molar-refractivity contribution in [1.29, 1.82) is 0 Å². The first kappa shape index (κ1) is 23.5. The van der Waals surface area contributed by atoms with Crippen LogP contribution in [0, 0.1) is 5.41 Å². The van der Waals surface area contributed by atoms with Crippen LogP contribution >= 0.6 is 7.60 Å². The summed E-state index contributed by atoms with van der Waals surface area (Å²) in [5.74, 6) is -1.21. The lowest BCUT2D eigenvalue weighted by Crippen LogP contribution is -2.53. The Kier molecular flexibility index (Phi) is 9.12. The fraction of sp³-hybridized carbons (Fsp3) is 0.938. The van der Waals surface area contributed by atoms with Crippen molar-refractivity contribution in [3.63, 3.8) is 0 Å². The number of ether oxygens (including phenoxy) is 1. The predicted molar refractivity (Wildman–Crippen MR) is 93.7 cm³/mol. The van der Waals surface area contributed by atoms with Crippen LogP contribution in [0.2, 0.25) is 0 Å². The Balaban J connectivity index is 5.94. The number of methoxy groups -OCH3 is 1. The normalized spacial score (nSPS) is 14.8. The SMILES string of the molecule is CCOP(=O)(OCC)C(N(OCC(=O)OC)C(C)(C)C)C(C)(C)C. The largest absolute Gasteiger partial charge is 0.467 e. The summed E-state index contributed by atoms with van der Waals surface area (Å²) in [7, 11) is -2.23. The summed E-state index contributed by atoms with van der Waals surface area (Å²) in [6.07, 6.45) is 0. The maximum absolute atomic E-state index is 13.5. The molecule has 0 bridgehead atoms. The number of carbonyl (C=O) groups is 1. The third-order valence-corrected chi connectivity index (χ3v) is 5.94. The molecule has 7 nitrogen and oxygen atoms in total. The molecule has 0 aromatic heterocycles. The molecule has 24 heavy (non-hydrogen) atoms. The number of nitrogens with zero attached hydrogens (tertiary/aromatic N) is 1. The Hall–Kier alpha value is -0.460. The van der Waals surface area contributed by atoms with Crippen LogP contribution in [-0.2, 0) is 28.0 Å². The number of rotatable bonds is 9. The molecule has 0 aliphatic heterocycles. The van der Waals surface area contributed by atoms with E-state index in [1.807, 2.05) is 41.5 Å². The van der Waals surface area contributed by atoms with Crippen LogP contribution in [-0.4, -0.2) is 49.3 Å². The van der Waals surface area contributed by atoms with Gasteiger partial charge in [-0.3, -0.25) is 9.40 Å². The molecule has 1 atom stereocenters. The zero-order chi connectivity index (χ0) is 19.2. The van der Waals surface area contributed by atoms with E-state index >= 15 is 0 Å². The van der Waals surface area contributed by atoms with Crippen molar-refractivity contribution >= 4 is 13.6 Å². The smallest absolute Gasteiger partial charge is 0.350 e. The third kappa shape index (κ3) is 6.81. The van der Waals surface area contributed by atoms with Crippen molar-refractivity contribution in [3.05, 3.63) is 0 Å². The fourth-order valence-electron chi connectivity index (χ4n) is 2.31. The minimum atomic E-state index is -3.52. The molecule has 0 aromatic rings. The van der Waals surface area contributed by atoms with Gasteiger partial charge in [0.2, 0.25) is 0 Å². The van der Waals surface area contributed by atoms with Crippen molar-refractivity contribution in [3.8, 4) is 0 Å². The third-order valence-electron chi connectivity index (χ3n) is 3.12. The first-order chi connectivity index (χ1) is 10.8. The van der Waals surface area contributed by atoms with Gasteiger partial charge in [0.25, 0.3) is 0 Å². The van der Waals surface area contributed by atoms with Gasteiger partial charge in [-0.2, -0.15) is 5.06 Å². The van der Waals surface area contributed by atoms with Gasteiger partial charge in [0.1, 0.15) is 5.78 Å². The minimum Gasteiger partial charge on any atom is -0.467 e. The van der Waals surface area contributed by atoms with Gasteiger partial charge in [0, 0.05) is 5.54 Å². The molecule has 0 aliphatic carbocycles. The highest BCUT2D eigenvalue weighted by molar-refractivity contribution is 7.54. The number of esters is 1. The van der Waals surface area contributed by atoms with E-state index in [0.717, 1.165) is 0 Å². The molecule has 0 saturated carbocycles. The highest BCUT2D eigenvalue weighted by atomic mass is 31.2. The average molecular weight is 367 g/mol. The molecule has 0 heterocycles. The van der Waals surface area contributed by atoms with Crippen LogP contribution < -0.4 is 0 Å². The second-order valence-electron chi connectivity index (χ2n) is 7.46. The van der Waals surface area contributed by atoms with E-state index in [1.54, 1.807) is 18.9 Å². The second kappa shape index (κ2) is 9.30. The molecule has 0 fully saturated rings. The molecule has 0 aromatic carbocycles. The van der Waals surface area contributed by atoms with Gasteiger partial charge in [-0.1, -0.05) is 20.8 Å². The molecular formula is C16H34NO6P. The van der Waals surface area contributed by atoms with Crippen LogP contribution in [0.15, 0.2) is 0 Å². The number of hydrogen-bond donors (Lipinski definition) is 0. The van der Waals surface area contributed by atoms with Crippen molar-refractivity contribution in [2.24, 2.45) is 5.41 Å². The molecule has 0 rings (SSSR count). The standard InChI is InChI=1S/C16H34NO6P/c1-10-22-24(19,23-11-2)14(15(3,4)5)17(16(6,7)8)21-12-13(18)20-9/h14H,10-12H2,1-9H3. The summed E-state index contributed by atoms with van der Waals surface area (Å²) in [4.78, 5) is 17.2. The summed E-state index contributed by atoms with van der Waals surface area (Å²) >= 11 is 0. The zero-order valence-electron chi connectivity index (χ0n) is 16.5. The number of carbonyl (C=O) groups excluding carboxylic acids is 1. The molecule has 0 N–H and O–H groups in total. The Bertz CT molecular complexity index is 431. The maximum Gasteiger partial charge on any atom is 0.350 e. The Labute approximate surface area is 146 Å². The van der Waals surface area contributed by atoms with Gasteiger partial charge in [-0.05, 0) is 40.0 Å². The zero-order valence-corrected chi connectivity index (χ0v) is 17.4. The maximum atomic E-state index is 13.5. The van der Waals surface area contributed by atoms with E-state index in [0.29, 0.717) is 0 Å². The summed E-state index contributed by atoms with van der Waals surface area (Å²) in [5, 5.41) is 1.55. The Morgan fingerprint density at radius 2 is 1.50 bits per heavy atom. The summed E-state index contributed by atoms with van der Waals surface area (Å²) in [5.41, 5.74) is -1.04. The number of hydrogen-bond acceptors (Lipinski definition) is 7. The Morgan fingerprint density at radius 1 is 1.04 bits per heavy atom. The van der Waals surface area contributed by atoms with E-state index < -0.39 is 30.3 Å². The van der Waals surface area contributed by atoms with Gasteiger partial charge in [0.15, 0.2) is 6.61 Å². The van der Waals surface area contributed by atoms with Crippen molar-refractivity contribution in [2.75, 3.05) is 26.9 Å². The molecule has 8 heteroatoms. The van der Waals surface area contributed by atoms with Crippen LogP contribution in [0.1, 0.15) is 55.4 Å².